The van der Waals surface area contributed by atoms with Crippen molar-refractivity contribution in [2.75, 3.05) is 5.32 Å². The second-order valence-electron chi connectivity index (χ2n) is 4.66. The van der Waals surface area contributed by atoms with Crippen molar-refractivity contribution in [2.24, 2.45) is 0 Å². The Morgan fingerprint density at radius 3 is 2.55 bits per heavy atom. The Labute approximate surface area is 122 Å². The number of pyridine rings is 1. The molecule has 3 rings (SSSR count). The average Bonchev–Trinajstić information content (AvgIpc) is 2.81. The highest BCUT2D eigenvalue weighted by atomic mass is 32.1. The van der Waals surface area contributed by atoms with Gasteiger partial charge in [0.2, 0.25) is 0 Å². The third-order valence-corrected chi connectivity index (χ3v) is 3.92. The Hall–Kier alpha value is -2.20. The van der Waals surface area contributed by atoms with E-state index in [2.05, 4.69) is 53.4 Å². The molecular weight excluding hydrogens is 266 g/mol. The fourth-order valence-electron chi connectivity index (χ4n) is 1.99. The number of anilines is 2. The molecule has 0 atom stereocenters. The smallest absolute Gasteiger partial charge is 0.188 e. The number of aromatic nitrogens is 2. The van der Waals surface area contributed by atoms with Crippen LogP contribution in [0.4, 0.5) is 10.8 Å². The van der Waals surface area contributed by atoms with E-state index in [4.69, 9.17) is 0 Å². The molecule has 1 aromatic carbocycles. The molecule has 0 fully saturated rings. The van der Waals surface area contributed by atoms with Gasteiger partial charge in [0.05, 0.1) is 17.6 Å². The van der Waals surface area contributed by atoms with E-state index in [9.17, 15) is 0 Å². The lowest BCUT2D eigenvalue weighted by Crippen LogP contribution is -1.89. The molecular formula is C16H15N3S. The fourth-order valence-corrected chi connectivity index (χ4v) is 2.85. The lowest BCUT2D eigenvalue weighted by molar-refractivity contribution is 1.30. The summed E-state index contributed by atoms with van der Waals surface area (Å²) in [7, 11) is 0. The van der Waals surface area contributed by atoms with Crippen LogP contribution < -0.4 is 5.32 Å². The van der Waals surface area contributed by atoms with Crippen molar-refractivity contribution in [3.63, 3.8) is 0 Å². The SMILES string of the molecule is Cc1ccc(-c2nc(Nc3cccnc3)sc2C)cc1. The maximum absolute atomic E-state index is 4.68. The van der Waals surface area contributed by atoms with Gasteiger partial charge in [0.25, 0.3) is 0 Å². The van der Waals surface area contributed by atoms with Gasteiger partial charge in [0.1, 0.15) is 0 Å². The zero-order valence-corrected chi connectivity index (χ0v) is 12.2. The van der Waals surface area contributed by atoms with Gasteiger partial charge in [-0.05, 0) is 26.0 Å². The molecule has 0 radical (unpaired) electrons. The zero-order valence-electron chi connectivity index (χ0n) is 11.4. The van der Waals surface area contributed by atoms with Gasteiger partial charge in [-0.3, -0.25) is 4.98 Å². The van der Waals surface area contributed by atoms with E-state index in [0.29, 0.717) is 0 Å². The first-order valence-electron chi connectivity index (χ1n) is 6.44. The van der Waals surface area contributed by atoms with Crippen molar-refractivity contribution in [2.45, 2.75) is 13.8 Å². The predicted octanol–water partition coefficient (Wildman–Crippen LogP) is 4.57. The molecule has 0 unspecified atom stereocenters. The minimum atomic E-state index is 0.895. The zero-order chi connectivity index (χ0) is 13.9. The number of nitrogens with one attached hydrogen (secondary N) is 1. The molecule has 0 spiro atoms. The monoisotopic (exact) mass is 281 g/mol. The minimum Gasteiger partial charge on any atom is -0.330 e. The molecule has 0 amide bonds. The number of nitrogens with zero attached hydrogens (tertiary/aromatic N) is 2. The average molecular weight is 281 g/mol. The van der Waals surface area contributed by atoms with Crippen LogP contribution >= 0.6 is 11.3 Å². The highest BCUT2D eigenvalue weighted by Crippen LogP contribution is 2.31. The van der Waals surface area contributed by atoms with Crippen LogP contribution in [0.1, 0.15) is 10.4 Å². The van der Waals surface area contributed by atoms with Gasteiger partial charge in [-0.25, -0.2) is 4.98 Å². The summed E-state index contributed by atoms with van der Waals surface area (Å²) in [4.78, 5) is 9.99. The van der Waals surface area contributed by atoms with Gasteiger partial charge >= 0.3 is 0 Å². The van der Waals surface area contributed by atoms with Crippen LogP contribution in [0, 0.1) is 13.8 Å². The molecule has 0 aliphatic rings. The first-order valence-corrected chi connectivity index (χ1v) is 7.25. The Morgan fingerprint density at radius 1 is 1.05 bits per heavy atom. The van der Waals surface area contributed by atoms with E-state index in [1.165, 1.54) is 10.4 Å². The molecule has 0 saturated carbocycles. The van der Waals surface area contributed by atoms with Crippen molar-refractivity contribution >= 4 is 22.2 Å². The summed E-state index contributed by atoms with van der Waals surface area (Å²) in [6.45, 7) is 4.19. The number of hydrogen-bond donors (Lipinski definition) is 1. The van der Waals surface area contributed by atoms with Crippen molar-refractivity contribution in [3.8, 4) is 11.3 Å². The molecule has 100 valence electrons. The normalized spacial score (nSPS) is 10.5. The summed E-state index contributed by atoms with van der Waals surface area (Å²) in [5, 5.41) is 4.19. The van der Waals surface area contributed by atoms with E-state index < -0.39 is 0 Å². The minimum absolute atomic E-state index is 0.895. The largest absolute Gasteiger partial charge is 0.330 e. The second-order valence-corrected chi connectivity index (χ2v) is 5.86. The van der Waals surface area contributed by atoms with E-state index in [1.54, 1.807) is 23.7 Å². The van der Waals surface area contributed by atoms with Crippen molar-refractivity contribution in [1.82, 2.24) is 9.97 Å². The third-order valence-electron chi connectivity index (χ3n) is 3.03. The molecule has 1 N–H and O–H groups in total. The second kappa shape index (κ2) is 5.43. The third kappa shape index (κ3) is 2.70. The first-order chi connectivity index (χ1) is 9.72. The number of thiazole rings is 1. The maximum Gasteiger partial charge on any atom is 0.188 e. The molecule has 0 saturated heterocycles. The number of rotatable bonds is 3. The molecule has 0 aliphatic carbocycles. The highest BCUT2D eigenvalue weighted by Gasteiger charge is 2.09. The van der Waals surface area contributed by atoms with E-state index in [-0.39, 0.29) is 0 Å². The van der Waals surface area contributed by atoms with Crippen LogP contribution in [0.3, 0.4) is 0 Å². The van der Waals surface area contributed by atoms with Crippen LogP contribution in [0.5, 0.6) is 0 Å². The van der Waals surface area contributed by atoms with Gasteiger partial charge in [0.15, 0.2) is 5.13 Å². The molecule has 3 nitrogen and oxygen atoms in total. The van der Waals surface area contributed by atoms with Crippen molar-refractivity contribution < 1.29 is 0 Å². The quantitative estimate of drug-likeness (QED) is 0.764. The summed E-state index contributed by atoms with van der Waals surface area (Å²) >= 11 is 1.66. The molecule has 0 bridgehead atoms. The van der Waals surface area contributed by atoms with E-state index in [1.807, 2.05) is 12.1 Å². The number of aryl methyl sites for hydroxylation is 2. The van der Waals surface area contributed by atoms with Crippen molar-refractivity contribution in [1.29, 1.82) is 0 Å². The van der Waals surface area contributed by atoms with Crippen LogP contribution in [0.15, 0.2) is 48.8 Å². The van der Waals surface area contributed by atoms with Gasteiger partial charge in [-0.15, -0.1) is 11.3 Å². The molecule has 2 heterocycles. The molecule has 2 aromatic heterocycles. The highest BCUT2D eigenvalue weighted by molar-refractivity contribution is 7.16. The molecule has 20 heavy (non-hydrogen) atoms. The van der Waals surface area contributed by atoms with E-state index >= 15 is 0 Å². The van der Waals surface area contributed by atoms with Gasteiger partial charge in [-0.1, -0.05) is 29.8 Å². The lowest BCUT2D eigenvalue weighted by Gasteiger charge is -2.00. The summed E-state index contributed by atoms with van der Waals surface area (Å²) in [6, 6.07) is 12.3. The van der Waals surface area contributed by atoms with Crippen LogP contribution in [0.2, 0.25) is 0 Å². The summed E-state index contributed by atoms with van der Waals surface area (Å²) in [5.74, 6) is 0. The summed E-state index contributed by atoms with van der Waals surface area (Å²) in [6.07, 6.45) is 3.55. The standard InChI is InChI=1S/C16H15N3S/c1-11-5-7-13(8-6-11)15-12(2)20-16(19-15)18-14-4-3-9-17-10-14/h3-10H,1-2H3,(H,18,19). The molecule has 0 aliphatic heterocycles. The Balaban J connectivity index is 1.89. The Morgan fingerprint density at radius 2 is 1.85 bits per heavy atom. The van der Waals surface area contributed by atoms with Crippen LogP contribution in [-0.4, -0.2) is 9.97 Å². The summed E-state index contributed by atoms with van der Waals surface area (Å²) < 4.78 is 0. The maximum atomic E-state index is 4.68. The summed E-state index contributed by atoms with van der Waals surface area (Å²) in [5.41, 5.74) is 4.41. The fraction of sp³-hybridized carbons (Fsp3) is 0.125. The van der Waals surface area contributed by atoms with Gasteiger partial charge < -0.3 is 5.32 Å². The van der Waals surface area contributed by atoms with Gasteiger partial charge in [0, 0.05) is 16.6 Å². The van der Waals surface area contributed by atoms with Gasteiger partial charge in [-0.2, -0.15) is 0 Å². The van der Waals surface area contributed by atoms with Crippen LogP contribution in [0.25, 0.3) is 11.3 Å². The topological polar surface area (TPSA) is 37.8 Å². The molecule has 3 aromatic rings. The molecule has 4 heteroatoms. The Kier molecular flexibility index (Phi) is 3.48. The number of benzene rings is 1. The number of hydrogen-bond acceptors (Lipinski definition) is 4. The predicted molar refractivity (Wildman–Crippen MR) is 84.5 cm³/mol. The lowest BCUT2D eigenvalue weighted by atomic mass is 10.1. The van der Waals surface area contributed by atoms with Crippen molar-refractivity contribution in [3.05, 3.63) is 59.2 Å². The first kappa shape index (κ1) is 12.8. The van der Waals surface area contributed by atoms with Crippen LogP contribution in [-0.2, 0) is 0 Å². The Bertz CT molecular complexity index is 702. The van der Waals surface area contributed by atoms with E-state index in [0.717, 1.165) is 22.1 Å².